The Kier molecular flexibility index (Phi) is 8.79. The summed E-state index contributed by atoms with van der Waals surface area (Å²) in [4.78, 5) is 35.6. The van der Waals surface area contributed by atoms with Crippen LogP contribution in [0.3, 0.4) is 0 Å². The normalized spacial score (nSPS) is 20.9. The number of aromatic nitrogens is 1. The van der Waals surface area contributed by atoms with Crippen LogP contribution in [-0.4, -0.2) is 90.2 Å². The third kappa shape index (κ3) is 6.47. The van der Waals surface area contributed by atoms with E-state index in [1.54, 1.807) is 17.0 Å². The number of piperazine rings is 1. The molecule has 2 aliphatic rings. The van der Waals surface area contributed by atoms with Gasteiger partial charge in [-0.05, 0) is 48.8 Å². The molecule has 1 aromatic heterocycles. The number of hydrogen-bond donors (Lipinski definition) is 2. The number of aliphatic hydroxyl groups is 1. The fourth-order valence-corrected chi connectivity index (χ4v) is 6.41. The van der Waals surface area contributed by atoms with Gasteiger partial charge in [0.15, 0.2) is 0 Å². The number of pyridine rings is 1. The summed E-state index contributed by atoms with van der Waals surface area (Å²) in [5.74, 6) is 0.122. The largest absolute Gasteiger partial charge is 0.530 e. The average molecular weight is 601 g/mol. The van der Waals surface area contributed by atoms with Gasteiger partial charge in [0.25, 0.3) is 8.32 Å². The highest BCUT2D eigenvalue weighted by atomic mass is 28.4. The minimum atomic E-state index is -2.26. The second-order valence-electron chi connectivity index (χ2n) is 13.9. The summed E-state index contributed by atoms with van der Waals surface area (Å²) in [5, 5.41) is 19.5. The molecule has 9 nitrogen and oxygen atoms in total. The van der Waals surface area contributed by atoms with Crippen LogP contribution in [0.5, 0.6) is 5.88 Å². The molecular formula is C31H45FN4O5Si. The Morgan fingerprint density at radius 2 is 1.81 bits per heavy atom. The van der Waals surface area contributed by atoms with Crippen molar-refractivity contribution in [2.45, 2.75) is 83.6 Å². The first kappa shape index (κ1) is 31.9. The smallest absolute Gasteiger partial charge is 0.407 e. The van der Waals surface area contributed by atoms with Crippen molar-refractivity contribution in [2.75, 3.05) is 37.7 Å². The van der Waals surface area contributed by atoms with Crippen LogP contribution in [0.1, 0.15) is 58.4 Å². The lowest BCUT2D eigenvalue weighted by atomic mass is 9.91. The number of carbonyl (C=O) groups excluding carboxylic acids is 1. The topological polar surface area (TPSA) is 106 Å². The van der Waals surface area contributed by atoms with Crippen molar-refractivity contribution in [2.24, 2.45) is 0 Å². The van der Waals surface area contributed by atoms with Crippen molar-refractivity contribution in [3.05, 3.63) is 53.0 Å². The fourth-order valence-electron chi connectivity index (χ4n) is 5.44. The van der Waals surface area contributed by atoms with E-state index in [1.165, 1.54) is 17.0 Å². The van der Waals surface area contributed by atoms with Gasteiger partial charge in [-0.15, -0.1) is 0 Å². The SMILES string of the molecule is C[C@@H]1CN(CC(=O)N2CC(C)(C)c3nc(O[Si](C)(C)C(C)(C)C)c(Cc4ccc(F)cc4)cc32)[C@@H](CO)CN1C(=O)O. The van der Waals surface area contributed by atoms with Crippen LogP contribution in [0.4, 0.5) is 14.9 Å². The highest BCUT2D eigenvalue weighted by molar-refractivity contribution is 6.74. The Labute approximate surface area is 249 Å². The monoisotopic (exact) mass is 600 g/mol. The molecule has 1 aromatic carbocycles. The van der Waals surface area contributed by atoms with E-state index in [4.69, 9.17) is 9.41 Å². The number of nitrogens with zero attached hydrogens (tertiary/aromatic N) is 4. The molecule has 0 saturated carbocycles. The molecule has 0 radical (unpaired) electrons. The average Bonchev–Trinajstić information content (AvgIpc) is 3.14. The molecule has 1 saturated heterocycles. The number of carboxylic acid groups (broad SMARTS) is 1. The highest BCUT2D eigenvalue weighted by Crippen LogP contribution is 2.44. The van der Waals surface area contributed by atoms with Crippen LogP contribution in [-0.2, 0) is 16.6 Å². The van der Waals surface area contributed by atoms with Crippen molar-refractivity contribution in [3.63, 3.8) is 0 Å². The Bertz CT molecular complexity index is 1330. The lowest BCUT2D eigenvalue weighted by molar-refractivity contribution is -0.121. The first-order valence-corrected chi connectivity index (χ1v) is 17.5. The van der Waals surface area contributed by atoms with Gasteiger partial charge >= 0.3 is 6.09 Å². The van der Waals surface area contributed by atoms with Crippen LogP contribution in [0.2, 0.25) is 18.1 Å². The molecule has 0 unspecified atom stereocenters. The van der Waals surface area contributed by atoms with Gasteiger partial charge in [0.1, 0.15) is 5.82 Å². The molecule has 11 heteroatoms. The molecule has 42 heavy (non-hydrogen) atoms. The third-order valence-electron chi connectivity index (χ3n) is 9.04. The van der Waals surface area contributed by atoms with E-state index < -0.39 is 25.9 Å². The van der Waals surface area contributed by atoms with Crippen LogP contribution < -0.4 is 9.33 Å². The van der Waals surface area contributed by atoms with Crippen LogP contribution in [0.15, 0.2) is 30.3 Å². The molecule has 2 aromatic rings. The number of carbonyl (C=O) groups is 2. The first-order chi connectivity index (χ1) is 19.4. The number of anilines is 1. The maximum Gasteiger partial charge on any atom is 0.407 e. The number of rotatable bonds is 7. The highest BCUT2D eigenvalue weighted by Gasteiger charge is 2.44. The minimum Gasteiger partial charge on any atom is -0.530 e. The van der Waals surface area contributed by atoms with Crippen LogP contribution in [0.25, 0.3) is 0 Å². The second-order valence-corrected chi connectivity index (χ2v) is 18.6. The van der Waals surface area contributed by atoms with Gasteiger partial charge in [0, 0.05) is 43.1 Å². The molecule has 2 atom stereocenters. The molecule has 0 aliphatic carbocycles. The standard InChI is InChI=1S/C31H45FN4O5Si/c1-20-15-34(24(18-37)16-35(20)29(39)40)17-26(38)36-19-31(5,6)27-25(36)14-22(13-21-9-11-23(32)12-10-21)28(33-27)41-42(7,8)30(2,3)4/h9-12,14,20,24,37H,13,15-19H2,1-8H3,(H,39,40)/t20-,24-/m1/s1. The van der Waals surface area contributed by atoms with Gasteiger partial charge in [0.2, 0.25) is 11.8 Å². The zero-order valence-electron chi connectivity index (χ0n) is 26.1. The summed E-state index contributed by atoms with van der Waals surface area (Å²) in [6, 6.07) is 7.59. The van der Waals surface area contributed by atoms with Gasteiger partial charge in [-0.1, -0.05) is 46.8 Å². The molecule has 0 spiro atoms. The lowest BCUT2D eigenvalue weighted by Crippen LogP contribution is -2.61. The van der Waals surface area contributed by atoms with E-state index in [-0.39, 0.29) is 42.5 Å². The summed E-state index contributed by atoms with van der Waals surface area (Å²) < 4.78 is 20.4. The van der Waals surface area contributed by atoms with Gasteiger partial charge in [-0.2, -0.15) is 0 Å². The number of aliphatic hydroxyl groups excluding tert-OH is 1. The van der Waals surface area contributed by atoms with E-state index >= 15 is 0 Å². The van der Waals surface area contributed by atoms with Crippen LogP contribution >= 0.6 is 0 Å². The maximum atomic E-state index is 13.9. The van der Waals surface area contributed by atoms with E-state index in [1.807, 2.05) is 17.9 Å². The fraction of sp³-hybridized carbons (Fsp3) is 0.581. The van der Waals surface area contributed by atoms with Crippen molar-refractivity contribution >= 4 is 26.0 Å². The zero-order valence-corrected chi connectivity index (χ0v) is 27.1. The summed E-state index contributed by atoms with van der Waals surface area (Å²) >= 11 is 0. The predicted octanol–water partition coefficient (Wildman–Crippen LogP) is 4.86. The Hall–Kier alpha value is -3.02. The van der Waals surface area contributed by atoms with Crippen molar-refractivity contribution in [1.29, 1.82) is 0 Å². The van der Waals surface area contributed by atoms with Gasteiger partial charge in [-0.25, -0.2) is 14.2 Å². The van der Waals surface area contributed by atoms with Crippen LogP contribution in [0, 0.1) is 5.82 Å². The summed E-state index contributed by atoms with van der Waals surface area (Å²) in [5.41, 5.74) is 2.82. The summed E-state index contributed by atoms with van der Waals surface area (Å²) in [6.07, 6.45) is -0.563. The first-order valence-electron chi connectivity index (χ1n) is 14.6. The number of halogens is 1. The minimum absolute atomic E-state index is 0.0497. The van der Waals surface area contributed by atoms with Crippen molar-refractivity contribution in [3.8, 4) is 5.88 Å². The van der Waals surface area contributed by atoms with Gasteiger partial charge < -0.3 is 24.4 Å². The third-order valence-corrected chi connectivity index (χ3v) is 13.4. The molecule has 4 rings (SSSR count). The molecule has 1 fully saturated rings. The summed E-state index contributed by atoms with van der Waals surface area (Å²) in [7, 11) is -2.26. The zero-order chi connectivity index (χ0) is 31.2. The van der Waals surface area contributed by atoms with E-state index in [0.29, 0.717) is 25.4 Å². The molecular weight excluding hydrogens is 555 g/mol. The van der Waals surface area contributed by atoms with Gasteiger partial charge in [0.05, 0.1) is 30.6 Å². The molecule has 2 N–H and O–H groups in total. The number of hydrogen-bond acceptors (Lipinski definition) is 6. The van der Waals surface area contributed by atoms with Crippen molar-refractivity contribution < 1.29 is 28.6 Å². The molecule has 0 bridgehead atoms. The van der Waals surface area contributed by atoms with E-state index in [0.717, 1.165) is 22.5 Å². The van der Waals surface area contributed by atoms with Crippen molar-refractivity contribution in [1.82, 2.24) is 14.8 Å². The Morgan fingerprint density at radius 3 is 2.38 bits per heavy atom. The predicted molar refractivity (Wildman–Crippen MR) is 163 cm³/mol. The Morgan fingerprint density at radius 1 is 1.17 bits per heavy atom. The second kappa shape index (κ2) is 11.6. The Balaban J connectivity index is 1.70. The molecule has 2 aliphatic heterocycles. The number of fused-ring (bicyclic) bond motifs is 1. The summed E-state index contributed by atoms with van der Waals surface area (Å²) in [6.45, 7) is 17.5. The van der Waals surface area contributed by atoms with E-state index in [2.05, 4.69) is 47.7 Å². The molecule has 2 amide bonds. The molecule has 230 valence electrons. The number of benzene rings is 1. The van der Waals surface area contributed by atoms with Gasteiger partial charge in [-0.3, -0.25) is 9.69 Å². The lowest BCUT2D eigenvalue weighted by Gasteiger charge is -2.43. The maximum absolute atomic E-state index is 13.9. The van der Waals surface area contributed by atoms with E-state index in [9.17, 15) is 24.2 Å². The number of amides is 2. The molecule has 3 heterocycles. The quantitative estimate of drug-likeness (QED) is 0.437.